The van der Waals surface area contributed by atoms with Gasteiger partial charge in [-0.1, -0.05) is 26.7 Å². The van der Waals surface area contributed by atoms with E-state index in [9.17, 15) is 0 Å². The molecule has 0 unspecified atom stereocenters. The van der Waals surface area contributed by atoms with Crippen LogP contribution >= 0.6 is 0 Å². The van der Waals surface area contributed by atoms with Crippen molar-refractivity contribution in [2.24, 2.45) is 0 Å². The molecule has 0 aromatic rings. The average molecular weight is 250 g/mol. The summed E-state index contributed by atoms with van der Waals surface area (Å²) < 4.78 is 0. The second-order valence-corrected chi connectivity index (χ2v) is 2.93. The molecule has 0 rings (SSSR count). The number of allylic oxidation sites excluding steroid dienone is 2. The van der Waals surface area contributed by atoms with E-state index in [-0.39, 0.29) is 19.5 Å². The Hall–Kier alpha value is 0.123. The predicted octanol–water partition coefficient (Wildman–Crippen LogP) is 3.77. The zero-order valence-electron chi connectivity index (χ0n) is 10.5. The molecule has 0 bridgehead atoms. The Balaban J connectivity index is -0.000000209. The van der Waals surface area contributed by atoms with Gasteiger partial charge >= 0.3 is 19.5 Å². The standard InChI is InChI=1S/C7H15N2.C4H9.Zn/c1-5-7(6-2)8-9(3)4;1-3-4-2;/h5H,6H2,1-4H3;1,3-4H2,2H3;/q2*-1;+2/b7-5-;;. The summed E-state index contributed by atoms with van der Waals surface area (Å²) >= 11 is 0. The zero-order valence-corrected chi connectivity index (χ0v) is 13.5. The maximum atomic E-state index is 4.21. The fraction of sp³-hybridized carbons (Fsp3) is 0.727. The summed E-state index contributed by atoms with van der Waals surface area (Å²) in [6.07, 6.45) is 5.31. The Bertz CT molecular complexity index is 120. The minimum absolute atomic E-state index is 0. The van der Waals surface area contributed by atoms with Gasteiger partial charge in [-0.05, 0) is 21.0 Å². The molecule has 2 nitrogen and oxygen atoms in total. The van der Waals surface area contributed by atoms with E-state index in [1.807, 2.05) is 32.1 Å². The van der Waals surface area contributed by atoms with Crippen molar-refractivity contribution in [3.63, 3.8) is 0 Å². The van der Waals surface area contributed by atoms with Crippen LogP contribution in [0.4, 0.5) is 0 Å². The number of unbranched alkanes of at least 4 members (excludes halogenated alkanes) is 1. The summed E-state index contributed by atoms with van der Waals surface area (Å²) in [6, 6.07) is 0. The molecule has 14 heavy (non-hydrogen) atoms. The van der Waals surface area contributed by atoms with Gasteiger partial charge in [0.2, 0.25) is 0 Å². The molecule has 0 aliphatic heterocycles. The van der Waals surface area contributed by atoms with Crippen molar-refractivity contribution in [2.75, 3.05) is 14.1 Å². The van der Waals surface area contributed by atoms with E-state index < -0.39 is 0 Å². The van der Waals surface area contributed by atoms with Crippen LogP contribution in [0, 0.1) is 6.92 Å². The first-order valence-corrected chi connectivity index (χ1v) is 4.95. The summed E-state index contributed by atoms with van der Waals surface area (Å²) in [4.78, 5) is 0. The Morgan fingerprint density at radius 2 is 1.79 bits per heavy atom. The second-order valence-electron chi connectivity index (χ2n) is 2.93. The minimum atomic E-state index is 0. The van der Waals surface area contributed by atoms with Crippen LogP contribution < -0.4 is 0 Å². The third-order valence-electron chi connectivity index (χ3n) is 1.38. The van der Waals surface area contributed by atoms with Crippen LogP contribution in [-0.4, -0.2) is 19.1 Å². The van der Waals surface area contributed by atoms with Crippen LogP contribution in [0.5, 0.6) is 0 Å². The normalized spacial score (nSPS) is 10.1. The van der Waals surface area contributed by atoms with Gasteiger partial charge in [0, 0.05) is 0 Å². The van der Waals surface area contributed by atoms with Crippen LogP contribution in [0.2, 0.25) is 0 Å². The van der Waals surface area contributed by atoms with Gasteiger partial charge in [0.05, 0.1) is 0 Å². The van der Waals surface area contributed by atoms with Crippen molar-refractivity contribution >= 4 is 0 Å². The van der Waals surface area contributed by atoms with Gasteiger partial charge in [0.1, 0.15) is 0 Å². The number of nitrogens with zero attached hydrogens (tertiary/aromatic N) is 2. The number of hydrogen-bond donors (Lipinski definition) is 0. The third kappa shape index (κ3) is 18.0. The molecule has 0 atom stereocenters. The summed E-state index contributed by atoms with van der Waals surface area (Å²) in [5.74, 6) is 0. The summed E-state index contributed by atoms with van der Waals surface area (Å²) in [6.45, 7) is 9.83. The van der Waals surface area contributed by atoms with Crippen molar-refractivity contribution in [1.82, 2.24) is 5.01 Å². The fourth-order valence-electron chi connectivity index (χ4n) is 0.589. The van der Waals surface area contributed by atoms with Crippen LogP contribution in [0.15, 0.2) is 11.8 Å². The van der Waals surface area contributed by atoms with E-state index in [1.54, 1.807) is 0 Å². The largest absolute Gasteiger partial charge is 2.00 e. The van der Waals surface area contributed by atoms with Crippen molar-refractivity contribution < 1.29 is 19.5 Å². The van der Waals surface area contributed by atoms with E-state index in [2.05, 4.69) is 26.2 Å². The van der Waals surface area contributed by atoms with Crippen molar-refractivity contribution in [2.45, 2.75) is 40.0 Å². The van der Waals surface area contributed by atoms with Gasteiger partial charge in [-0.15, -0.1) is 6.08 Å². The average Bonchev–Trinajstić information content (AvgIpc) is 2.14. The Morgan fingerprint density at radius 1 is 1.36 bits per heavy atom. The van der Waals surface area contributed by atoms with E-state index in [1.165, 1.54) is 6.42 Å². The van der Waals surface area contributed by atoms with Crippen molar-refractivity contribution in [1.29, 1.82) is 0 Å². The first-order chi connectivity index (χ1) is 6.12. The van der Waals surface area contributed by atoms with E-state index in [0.717, 1.165) is 18.5 Å². The minimum Gasteiger partial charge on any atom is -0.624 e. The first kappa shape index (κ1) is 19.7. The molecular weight excluding hydrogens is 226 g/mol. The molecule has 0 saturated heterocycles. The summed E-state index contributed by atoms with van der Waals surface area (Å²) in [5.41, 5.74) is 5.35. The SMILES string of the molecule is C/C=C(/CC)[N-]N(C)C.[CH2-]CCC.[Zn+2]. The molecule has 0 spiro atoms. The molecule has 0 aromatic carbocycles. The molecule has 0 saturated carbocycles. The molecule has 0 radical (unpaired) electrons. The van der Waals surface area contributed by atoms with Crippen LogP contribution in [0.1, 0.15) is 40.0 Å². The zero-order chi connectivity index (χ0) is 10.7. The van der Waals surface area contributed by atoms with Gasteiger partial charge in [-0.25, -0.2) is 0 Å². The molecule has 80 valence electrons. The molecular formula is C11H24N2Zn. The van der Waals surface area contributed by atoms with E-state index in [4.69, 9.17) is 0 Å². The van der Waals surface area contributed by atoms with Gasteiger partial charge < -0.3 is 17.4 Å². The van der Waals surface area contributed by atoms with Crippen molar-refractivity contribution in [3.05, 3.63) is 24.1 Å². The summed E-state index contributed by atoms with van der Waals surface area (Å²) in [5, 5.41) is 1.82. The maximum absolute atomic E-state index is 4.21. The Morgan fingerprint density at radius 3 is 1.86 bits per heavy atom. The van der Waals surface area contributed by atoms with Crippen LogP contribution in [0.3, 0.4) is 0 Å². The summed E-state index contributed by atoms with van der Waals surface area (Å²) in [7, 11) is 3.86. The quantitative estimate of drug-likeness (QED) is 0.421. The number of rotatable bonds is 4. The molecule has 0 heterocycles. The van der Waals surface area contributed by atoms with Crippen LogP contribution in [0.25, 0.3) is 5.43 Å². The van der Waals surface area contributed by atoms with Crippen molar-refractivity contribution in [3.8, 4) is 0 Å². The fourth-order valence-corrected chi connectivity index (χ4v) is 0.589. The third-order valence-corrected chi connectivity index (χ3v) is 1.38. The Kier molecular flexibility index (Phi) is 21.9. The molecule has 0 fully saturated rings. The molecule has 0 N–H and O–H groups in total. The van der Waals surface area contributed by atoms with Gasteiger partial charge in [-0.3, -0.25) is 0 Å². The molecule has 0 aliphatic rings. The molecule has 0 aromatic heterocycles. The second kappa shape index (κ2) is 15.6. The van der Waals surface area contributed by atoms with Crippen LogP contribution in [-0.2, 0) is 19.5 Å². The number of hydrogen-bond acceptors (Lipinski definition) is 1. The smallest absolute Gasteiger partial charge is 0.624 e. The predicted molar refractivity (Wildman–Crippen MR) is 61.4 cm³/mol. The van der Waals surface area contributed by atoms with Gasteiger partial charge in [0.15, 0.2) is 0 Å². The molecule has 3 heteroatoms. The molecule has 0 aliphatic carbocycles. The first-order valence-electron chi connectivity index (χ1n) is 4.95. The van der Waals surface area contributed by atoms with Gasteiger partial charge in [0.25, 0.3) is 0 Å². The Labute approximate surface area is 103 Å². The monoisotopic (exact) mass is 248 g/mol. The van der Waals surface area contributed by atoms with E-state index in [0.29, 0.717) is 0 Å². The van der Waals surface area contributed by atoms with Gasteiger partial charge in [-0.2, -0.15) is 12.1 Å². The topological polar surface area (TPSA) is 17.3 Å². The maximum Gasteiger partial charge on any atom is 2.00 e. The molecule has 0 amide bonds. The van der Waals surface area contributed by atoms with E-state index >= 15 is 0 Å².